The van der Waals surface area contributed by atoms with Gasteiger partial charge in [0.15, 0.2) is 0 Å². The molecule has 2 aromatic rings. The largest absolute Gasteiger partial charge is 0.309 e. The van der Waals surface area contributed by atoms with Gasteiger partial charge in [-0.2, -0.15) is 5.10 Å². The normalized spacial score (nSPS) is 14.4. The van der Waals surface area contributed by atoms with Crippen LogP contribution in [0.3, 0.4) is 0 Å². The number of hydrogen-bond donors (Lipinski definition) is 3. The van der Waals surface area contributed by atoms with Gasteiger partial charge in [-0.25, -0.2) is 13.1 Å². The van der Waals surface area contributed by atoms with Gasteiger partial charge in [-0.15, -0.1) is 0 Å². The maximum absolute atomic E-state index is 12.3. The van der Waals surface area contributed by atoms with E-state index < -0.39 is 10.0 Å². The van der Waals surface area contributed by atoms with Crippen LogP contribution >= 0.6 is 0 Å². The topological polar surface area (TPSA) is 86.9 Å². The van der Waals surface area contributed by atoms with E-state index in [0.29, 0.717) is 4.90 Å². The molecule has 6 nitrogen and oxygen atoms in total. The molecule has 0 spiro atoms. The molecule has 20 heavy (non-hydrogen) atoms. The van der Waals surface area contributed by atoms with Crippen molar-refractivity contribution < 1.29 is 8.42 Å². The SMILES string of the molecule is Cc1[nH]ncc1CNS(=O)(=O)c1ccc2c(c1)CNC2. The van der Waals surface area contributed by atoms with Crippen molar-refractivity contribution in [3.63, 3.8) is 0 Å². The average Bonchev–Trinajstić information content (AvgIpc) is 3.04. The smallest absolute Gasteiger partial charge is 0.240 e. The number of H-pyrrole nitrogens is 1. The predicted octanol–water partition coefficient (Wildman–Crippen LogP) is 0.800. The van der Waals surface area contributed by atoms with Gasteiger partial charge in [0.25, 0.3) is 0 Å². The molecule has 3 N–H and O–H groups in total. The summed E-state index contributed by atoms with van der Waals surface area (Å²) >= 11 is 0. The number of aromatic amines is 1. The highest BCUT2D eigenvalue weighted by Gasteiger charge is 2.18. The van der Waals surface area contributed by atoms with Gasteiger partial charge < -0.3 is 5.32 Å². The van der Waals surface area contributed by atoms with Gasteiger partial charge in [-0.05, 0) is 30.2 Å². The number of sulfonamides is 1. The number of hydrogen-bond acceptors (Lipinski definition) is 4. The Labute approximate surface area is 117 Å². The van der Waals surface area contributed by atoms with Crippen molar-refractivity contribution in [3.8, 4) is 0 Å². The second-order valence-corrected chi connectivity index (χ2v) is 6.65. The molecular formula is C13H16N4O2S. The van der Waals surface area contributed by atoms with Crippen LogP contribution in [-0.4, -0.2) is 18.6 Å². The van der Waals surface area contributed by atoms with Gasteiger partial charge in [0, 0.05) is 30.9 Å². The third kappa shape index (κ3) is 2.47. The van der Waals surface area contributed by atoms with E-state index in [0.717, 1.165) is 35.5 Å². The second-order valence-electron chi connectivity index (χ2n) is 4.88. The van der Waals surface area contributed by atoms with Crippen LogP contribution in [-0.2, 0) is 29.7 Å². The molecule has 3 rings (SSSR count). The first-order valence-corrected chi connectivity index (χ1v) is 7.85. The Morgan fingerprint density at radius 3 is 2.85 bits per heavy atom. The zero-order valence-corrected chi connectivity index (χ0v) is 11.9. The van der Waals surface area contributed by atoms with Crippen molar-refractivity contribution in [1.29, 1.82) is 0 Å². The minimum atomic E-state index is -3.49. The van der Waals surface area contributed by atoms with Gasteiger partial charge in [0.05, 0.1) is 11.1 Å². The van der Waals surface area contributed by atoms with Gasteiger partial charge in [0.1, 0.15) is 0 Å². The molecule has 1 aromatic carbocycles. The third-order valence-electron chi connectivity index (χ3n) is 3.51. The summed E-state index contributed by atoms with van der Waals surface area (Å²) in [6, 6.07) is 5.25. The summed E-state index contributed by atoms with van der Waals surface area (Å²) in [5, 5.41) is 9.86. The molecule has 1 aliphatic rings. The summed E-state index contributed by atoms with van der Waals surface area (Å²) < 4.78 is 27.2. The Balaban J connectivity index is 1.80. The Morgan fingerprint density at radius 2 is 2.10 bits per heavy atom. The quantitative estimate of drug-likeness (QED) is 0.778. The molecule has 0 amide bonds. The lowest BCUT2D eigenvalue weighted by molar-refractivity contribution is 0.581. The summed E-state index contributed by atoms with van der Waals surface area (Å²) in [5.41, 5.74) is 3.92. The van der Waals surface area contributed by atoms with E-state index in [1.807, 2.05) is 13.0 Å². The monoisotopic (exact) mass is 292 g/mol. The summed E-state index contributed by atoms with van der Waals surface area (Å²) in [6.45, 7) is 3.62. The number of aryl methyl sites for hydroxylation is 1. The van der Waals surface area contributed by atoms with E-state index >= 15 is 0 Å². The standard InChI is InChI=1S/C13H16N4O2S/c1-9-12(7-15-17-9)8-16-20(18,19)13-3-2-10-5-14-6-11(10)4-13/h2-4,7,14,16H,5-6,8H2,1H3,(H,15,17). The minimum Gasteiger partial charge on any atom is -0.309 e. The van der Waals surface area contributed by atoms with Gasteiger partial charge >= 0.3 is 0 Å². The van der Waals surface area contributed by atoms with Crippen LogP contribution in [0.2, 0.25) is 0 Å². The van der Waals surface area contributed by atoms with Crippen LogP contribution in [0.5, 0.6) is 0 Å². The molecule has 0 radical (unpaired) electrons. The van der Waals surface area contributed by atoms with Crippen LogP contribution in [0, 0.1) is 6.92 Å². The molecule has 2 heterocycles. The molecule has 0 fully saturated rings. The molecule has 0 bridgehead atoms. The number of nitrogens with one attached hydrogen (secondary N) is 3. The molecule has 0 atom stereocenters. The Morgan fingerprint density at radius 1 is 1.30 bits per heavy atom. The lowest BCUT2D eigenvalue weighted by atomic mass is 10.1. The molecule has 1 aliphatic heterocycles. The molecule has 1 aromatic heterocycles. The third-order valence-corrected chi connectivity index (χ3v) is 4.90. The minimum absolute atomic E-state index is 0.236. The number of aromatic nitrogens is 2. The summed E-state index contributed by atoms with van der Waals surface area (Å²) in [5.74, 6) is 0. The van der Waals surface area contributed by atoms with Crippen LogP contribution in [0.4, 0.5) is 0 Å². The van der Waals surface area contributed by atoms with Crippen molar-refractivity contribution in [2.45, 2.75) is 31.5 Å². The molecule has 0 saturated heterocycles. The molecule has 106 valence electrons. The Bertz CT molecular complexity index is 737. The fourth-order valence-corrected chi connectivity index (χ4v) is 3.31. The van der Waals surface area contributed by atoms with E-state index in [1.165, 1.54) is 0 Å². The first kappa shape index (κ1) is 13.3. The van der Waals surface area contributed by atoms with Crippen LogP contribution < -0.4 is 10.0 Å². The number of benzene rings is 1. The maximum atomic E-state index is 12.3. The number of rotatable bonds is 4. The van der Waals surface area contributed by atoms with Gasteiger partial charge in [-0.3, -0.25) is 5.10 Å². The predicted molar refractivity (Wildman–Crippen MR) is 74.3 cm³/mol. The van der Waals surface area contributed by atoms with Gasteiger partial charge in [-0.1, -0.05) is 6.07 Å². The maximum Gasteiger partial charge on any atom is 0.240 e. The first-order valence-electron chi connectivity index (χ1n) is 6.37. The first-order chi connectivity index (χ1) is 9.56. The molecular weight excluding hydrogens is 276 g/mol. The highest BCUT2D eigenvalue weighted by Crippen LogP contribution is 2.20. The summed E-state index contributed by atoms with van der Waals surface area (Å²) in [7, 11) is -3.49. The number of fused-ring (bicyclic) bond motifs is 1. The zero-order valence-electron chi connectivity index (χ0n) is 11.1. The van der Waals surface area contributed by atoms with E-state index in [4.69, 9.17) is 0 Å². The Kier molecular flexibility index (Phi) is 3.33. The van der Waals surface area contributed by atoms with Crippen molar-refractivity contribution in [1.82, 2.24) is 20.2 Å². The lowest BCUT2D eigenvalue weighted by Crippen LogP contribution is -2.23. The van der Waals surface area contributed by atoms with E-state index in [2.05, 4.69) is 20.2 Å². The Hall–Kier alpha value is -1.70. The molecule has 7 heteroatoms. The van der Waals surface area contributed by atoms with E-state index in [-0.39, 0.29) is 6.54 Å². The van der Waals surface area contributed by atoms with Gasteiger partial charge in [0.2, 0.25) is 10.0 Å². The molecule has 0 aliphatic carbocycles. The summed E-state index contributed by atoms with van der Waals surface area (Å²) in [6.07, 6.45) is 1.63. The van der Waals surface area contributed by atoms with E-state index in [1.54, 1.807) is 18.3 Å². The van der Waals surface area contributed by atoms with Crippen LogP contribution in [0.15, 0.2) is 29.3 Å². The molecule has 0 unspecified atom stereocenters. The van der Waals surface area contributed by atoms with Crippen molar-refractivity contribution in [3.05, 3.63) is 46.8 Å². The second kappa shape index (κ2) is 5.01. The zero-order chi connectivity index (χ0) is 14.2. The summed E-state index contributed by atoms with van der Waals surface area (Å²) in [4.78, 5) is 0.307. The van der Waals surface area contributed by atoms with Crippen molar-refractivity contribution >= 4 is 10.0 Å². The lowest BCUT2D eigenvalue weighted by Gasteiger charge is -2.08. The van der Waals surface area contributed by atoms with Crippen molar-refractivity contribution in [2.24, 2.45) is 0 Å². The van der Waals surface area contributed by atoms with Crippen LogP contribution in [0.1, 0.15) is 22.4 Å². The molecule has 0 saturated carbocycles. The fraction of sp³-hybridized carbons (Fsp3) is 0.308. The average molecular weight is 292 g/mol. The van der Waals surface area contributed by atoms with Crippen LogP contribution in [0.25, 0.3) is 0 Å². The fourth-order valence-electron chi connectivity index (χ4n) is 2.25. The highest BCUT2D eigenvalue weighted by atomic mass is 32.2. The highest BCUT2D eigenvalue weighted by molar-refractivity contribution is 7.89. The van der Waals surface area contributed by atoms with Crippen molar-refractivity contribution in [2.75, 3.05) is 0 Å². The number of nitrogens with zero attached hydrogens (tertiary/aromatic N) is 1. The van der Waals surface area contributed by atoms with E-state index in [9.17, 15) is 8.42 Å².